The molecule has 1 amide bonds. The lowest BCUT2D eigenvalue weighted by Gasteiger charge is -2.30. The molecule has 0 aliphatic carbocycles. The van der Waals surface area contributed by atoms with Crippen LogP contribution < -0.4 is 9.62 Å². The number of carbonyl (C=O) groups excluding carboxylic acids is 1. The van der Waals surface area contributed by atoms with Crippen molar-refractivity contribution in [1.29, 1.82) is 0 Å². The van der Waals surface area contributed by atoms with Gasteiger partial charge in [-0.3, -0.25) is 9.10 Å². The van der Waals surface area contributed by atoms with Crippen LogP contribution in [0.3, 0.4) is 0 Å². The van der Waals surface area contributed by atoms with Crippen LogP contribution in [0, 0.1) is 27.7 Å². The van der Waals surface area contributed by atoms with Crippen LogP contribution >= 0.6 is 0 Å². The van der Waals surface area contributed by atoms with Gasteiger partial charge in [0.25, 0.3) is 0 Å². The van der Waals surface area contributed by atoms with Crippen LogP contribution in [0.2, 0.25) is 0 Å². The van der Waals surface area contributed by atoms with Gasteiger partial charge in [-0.25, -0.2) is 8.42 Å². The first-order valence-electron chi connectivity index (χ1n) is 9.36. The number of aryl methyl sites for hydroxylation is 4. The minimum Gasteiger partial charge on any atom is -0.348 e. The summed E-state index contributed by atoms with van der Waals surface area (Å²) in [6.45, 7) is 11.5. The largest absolute Gasteiger partial charge is 0.348 e. The van der Waals surface area contributed by atoms with Crippen molar-refractivity contribution in [3.63, 3.8) is 0 Å². The Morgan fingerprint density at radius 1 is 0.964 bits per heavy atom. The second-order valence-corrected chi connectivity index (χ2v) is 9.46. The molecule has 0 radical (unpaired) electrons. The van der Waals surface area contributed by atoms with Gasteiger partial charge in [-0.05, 0) is 81.5 Å². The first kappa shape index (κ1) is 22.0. The predicted molar refractivity (Wildman–Crippen MR) is 115 cm³/mol. The maximum absolute atomic E-state index is 12.9. The lowest BCUT2D eigenvalue weighted by molar-refractivity contribution is -0.122. The quantitative estimate of drug-likeness (QED) is 0.795. The van der Waals surface area contributed by atoms with Gasteiger partial charge in [0.2, 0.25) is 15.9 Å². The molecule has 0 aliphatic rings. The average molecular weight is 403 g/mol. The zero-order chi connectivity index (χ0) is 21.2. The number of sulfonamides is 1. The van der Waals surface area contributed by atoms with E-state index in [1.54, 1.807) is 25.1 Å². The third-order valence-corrected chi connectivity index (χ3v) is 6.29. The minimum atomic E-state index is -3.63. The lowest BCUT2D eigenvalue weighted by atomic mass is 9.96. The van der Waals surface area contributed by atoms with E-state index in [-0.39, 0.29) is 11.9 Å². The molecular weight excluding hydrogens is 372 g/mol. The van der Waals surface area contributed by atoms with Gasteiger partial charge in [-0.2, -0.15) is 0 Å². The van der Waals surface area contributed by atoms with Gasteiger partial charge in [0.1, 0.15) is 6.04 Å². The second kappa shape index (κ2) is 8.35. The highest BCUT2D eigenvalue weighted by molar-refractivity contribution is 7.92. The van der Waals surface area contributed by atoms with Crippen LogP contribution in [0.4, 0.5) is 5.69 Å². The van der Waals surface area contributed by atoms with Crippen molar-refractivity contribution in [3.8, 4) is 0 Å². The molecule has 6 heteroatoms. The highest BCUT2D eigenvalue weighted by Gasteiger charge is 2.30. The average Bonchev–Trinajstić information content (AvgIpc) is 2.56. The molecule has 0 spiro atoms. The smallest absolute Gasteiger partial charge is 0.244 e. The fourth-order valence-corrected chi connectivity index (χ4v) is 4.60. The predicted octanol–water partition coefficient (Wildman–Crippen LogP) is 3.95. The van der Waals surface area contributed by atoms with Crippen molar-refractivity contribution >= 4 is 21.6 Å². The number of carbonyl (C=O) groups is 1. The Morgan fingerprint density at radius 2 is 1.57 bits per heavy atom. The first-order valence-corrected chi connectivity index (χ1v) is 11.2. The Bertz CT molecular complexity index is 983. The van der Waals surface area contributed by atoms with Crippen LogP contribution in [0.25, 0.3) is 0 Å². The SMILES string of the molecule is Cc1cccc(N(C(C)C(=O)NC(C)c2cc(C)c(C)cc2C)S(C)(=O)=O)c1. The number of nitrogens with zero attached hydrogens (tertiary/aromatic N) is 1. The monoisotopic (exact) mass is 402 g/mol. The summed E-state index contributed by atoms with van der Waals surface area (Å²) >= 11 is 0. The van der Waals surface area contributed by atoms with E-state index in [1.807, 2.05) is 33.8 Å². The lowest BCUT2D eigenvalue weighted by Crippen LogP contribution is -2.48. The molecule has 0 saturated carbocycles. The number of benzene rings is 2. The Morgan fingerprint density at radius 3 is 2.14 bits per heavy atom. The van der Waals surface area contributed by atoms with Crippen LogP contribution in [0.1, 0.15) is 47.7 Å². The van der Waals surface area contributed by atoms with Gasteiger partial charge < -0.3 is 5.32 Å². The number of rotatable bonds is 6. The summed E-state index contributed by atoms with van der Waals surface area (Å²) in [7, 11) is -3.63. The maximum Gasteiger partial charge on any atom is 0.244 e. The molecule has 2 atom stereocenters. The van der Waals surface area contributed by atoms with Crippen molar-refractivity contribution in [2.45, 2.75) is 53.6 Å². The topological polar surface area (TPSA) is 66.5 Å². The molecule has 0 aromatic heterocycles. The molecule has 2 aromatic carbocycles. The second-order valence-electron chi connectivity index (χ2n) is 7.60. The molecule has 0 fully saturated rings. The number of hydrogen-bond acceptors (Lipinski definition) is 3. The van der Waals surface area contributed by atoms with Crippen LogP contribution in [-0.2, 0) is 14.8 Å². The molecule has 5 nitrogen and oxygen atoms in total. The Labute approximate surface area is 168 Å². The normalized spacial score (nSPS) is 13.7. The van der Waals surface area contributed by atoms with Crippen molar-refractivity contribution < 1.29 is 13.2 Å². The van der Waals surface area contributed by atoms with Crippen LogP contribution in [0.15, 0.2) is 36.4 Å². The molecule has 0 aliphatic heterocycles. The molecule has 2 rings (SSSR count). The van der Waals surface area contributed by atoms with Crippen molar-refractivity contribution in [1.82, 2.24) is 5.32 Å². The summed E-state index contributed by atoms with van der Waals surface area (Å²) in [6, 6.07) is 10.2. The van der Waals surface area contributed by atoms with E-state index in [0.29, 0.717) is 5.69 Å². The van der Waals surface area contributed by atoms with Gasteiger partial charge in [-0.1, -0.05) is 24.3 Å². The molecule has 0 saturated heterocycles. The number of hydrogen-bond donors (Lipinski definition) is 1. The minimum absolute atomic E-state index is 0.229. The zero-order valence-electron chi connectivity index (χ0n) is 17.7. The van der Waals surface area contributed by atoms with Crippen LogP contribution in [-0.4, -0.2) is 26.6 Å². The van der Waals surface area contributed by atoms with Gasteiger partial charge in [0.15, 0.2) is 0 Å². The van der Waals surface area contributed by atoms with E-state index in [9.17, 15) is 13.2 Å². The summed E-state index contributed by atoms with van der Waals surface area (Å²) in [5.41, 5.74) is 5.91. The van der Waals surface area contributed by atoms with Gasteiger partial charge in [0.05, 0.1) is 18.0 Å². The van der Waals surface area contributed by atoms with Gasteiger partial charge in [0, 0.05) is 0 Å². The van der Waals surface area contributed by atoms with E-state index in [2.05, 4.69) is 24.4 Å². The number of anilines is 1. The van der Waals surface area contributed by atoms with Gasteiger partial charge in [-0.15, -0.1) is 0 Å². The van der Waals surface area contributed by atoms with E-state index >= 15 is 0 Å². The van der Waals surface area contributed by atoms with Crippen LogP contribution in [0.5, 0.6) is 0 Å². The fourth-order valence-electron chi connectivity index (χ4n) is 3.43. The Hall–Kier alpha value is -2.34. The summed E-state index contributed by atoms with van der Waals surface area (Å²) < 4.78 is 26.0. The Balaban J connectivity index is 2.30. The standard InChI is InChI=1S/C22H30N2O3S/c1-14-9-8-10-20(11-14)24(28(7,26)27)19(6)22(25)23-18(5)21-13-16(3)15(2)12-17(21)4/h8-13,18-19H,1-7H3,(H,23,25). The molecule has 0 heterocycles. The zero-order valence-corrected chi connectivity index (χ0v) is 18.5. The van der Waals surface area contributed by atoms with Crippen molar-refractivity contribution in [2.24, 2.45) is 0 Å². The highest BCUT2D eigenvalue weighted by Crippen LogP contribution is 2.24. The third-order valence-electron chi connectivity index (χ3n) is 5.05. The Kier molecular flexibility index (Phi) is 6.55. The first-order chi connectivity index (χ1) is 12.9. The molecule has 28 heavy (non-hydrogen) atoms. The van der Waals surface area contributed by atoms with E-state index in [0.717, 1.165) is 28.5 Å². The molecular formula is C22H30N2O3S. The van der Waals surface area contributed by atoms with E-state index in [4.69, 9.17) is 0 Å². The summed E-state index contributed by atoms with van der Waals surface area (Å²) in [6.07, 6.45) is 1.12. The van der Waals surface area contributed by atoms with Crippen molar-refractivity contribution in [3.05, 3.63) is 64.2 Å². The van der Waals surface area contributed by atoms with Crippen molar-refractivity contribution in [2.75, 3.05) is 10.6 Å². The summed E-state index contributed by atoms with van der Waals surface area (Å²) in [4.78, 5) is 12.9. The fraction of sp³-hybridized carbons (Fsp3) is 0.409. The summed E-state index contributed by atoms with van der Waals surface area (Å²) in [5, 5.41) is 2.98. The van der Waals surface area contributed by atoms with E-state index in [1.165, 1.54) is 9.87 Å². The number of amides is 1. The molecule has 2 aromatic rings. The third kappa shape index (κ3) is 4.93. The molecule has 152 valence electrons. The molecule has 0 bridgehead atoms. The molecule has 2 unspecified atom stereocenters. The summed E-state index contributed by atoms with van der Waals surface area (Å²) in [5.74, 6) is -0.336. The van der Waals surface area contributed by atoms with Gasteiger partial charge >= 0.3 is 0 Å². The maximum atomic E-state index is 12.9. The van der Waals surface area contributed by atoms with E-state index < -0.39 is 16.1 Å². The highest BCUT2D eigenvalue weighted by atomic mass is 32.2. The number of nitrogens with one attached hydrogen (secondary N) is 1. The molecule has 1 N–H and O–H groups in total.